The topological polar surface area (TPSA) is 102 Å². The summed E-state index contributed by atoms with van der Waals surface area (Å²) in [6, 6.07) is 4.06. The number of anilines is 1. The van der Waals surface area contributed by atoms with Crippen molar-refractivity contribution in [3.05, 3.63) is 23.8 Å². The minimum Gasteiger partial charge on any atom is -0.465 e. The quantitative estimate of drug-likeness (QED) is 0.777. The van der Waals surface area contributed by atoms with Gasteiger partial charge in [-0.2, -0.15) is 0 Å². The number of esters is 1. The first-order chi connectivity index (χ1) is 11.7. The maximum Gasteiger partial charge on any atom is 0.337 e. The van der Waals surface area contributed by atoms with E-state index in [4.69, 9.17) is 0 Å². The summed E-state index contributed by atoms with van der Waals surface area (Å²) in [4.78, 5) is 24.3. The Morgan fingerprint density at radius 1 is 1.24 bits per heavy atom. The van der Waals surface area contributed by atoms with E-state index in [0.29, 0.717) is 5.69 Å². The van der Waals surface area contributed by atoms with E-state index in [1.165, 1.54) is 25.3 Å². The van der Waals surface area contributed by atoms with Crippen LogP contribution in [0.4, 0.5) is 5.69 Å². The monoisotopic (exact) mass is 366 g/mol. The highest BCUT2D eigenvalue weighted by Crippen LogP contribution is 2.58. The first kappa shape index (κ1) is 17.9. The highest BCUT2D eigenvalue weighted by atomic mass is 32.2. The molecule has 0 bridgehead atoms. The molecular weight excluding hydrogens is 344 g/mol. The predicted molar refractivity (Wildman–Crippen MR) is 92.2 cm³/mol. The minimum absolute atomic E-state index is 0.0296. The fourth-order valence-corrected chi connectivity index (χ4v) is 4.23. The number of carbonyl (C=O) groups is 2. The zero-order chi connectivity index (χ0) is 18.2. The van der Waals surface area contributed by atoms with Crippen LogP contribution < -0.4 is 10.6 Å². The molecule has 1 aromatic carbocycles. The van der Waals surface area contributed by atoms with Crippen LogP contribution >= 0.6 is 0 Å². The van der Waals surface area contributed by atoms with Crippen molar-refractivity contribution >= 4 is 27.4 Å². The number of carbonyl (C=O) groups excluding carboxylic acids is 2. The fraction of sp³-hybridized carbons (Fsp3) is 0.529. The molecule has 1 aromatic rings. The summed E-state index contributed by atoms with van der Waals surface area (Å²) in [6.07, 6.45) is 3.86. The molecule has 1 unspecified atom stereocenters. The Labute approximate surface area is 147 Å². The maximum absolute atomic E-state index is 12.6. The van der Waals surface area contributed by atoms with Gasteiger partial charge in [0.2, 0.25) is 5.91 Å². The fourth-order valence-electron chi connectivity index (χ4n) is 3.55. The molecule has 1 atom stereocenters. The molecule has 0 radical (unpaired) electrons. The second kappa shape index (κ2) is 6.42. The zero-order valence-electron chi connectivity index (χ0n) is 14.3. The van der Waals surface area contributed by atoms with Crippen molar-refractivity contribution in [2.75, 3.05) is 31.8 Å². The molecule has 1 amide bonds. The standard InChI is InChI=1S/C17H22N2O5S/c1-24-16(21)11-7-12(9-13(8-11)25(2,22)23)19-15(20)14-10-17(14)3-5-18-6-4-17/h7-9,14,18H,3-6,10H2,1-2H3,(H,19,20). The molecule has 2 N–H and O–H groups in total. The van der Waals surface area contributed by atoms with E-state index < -0.39 is 15.8 Å². The number of sulfone groups is 1. The smallest absolute Gasteiger partial charge is 0.337 e. The van der Waals surface area contributed by atoms with Crippen LogP contribution in [0.2, 0.25) is 0 Å². The average molecular weight is 366 g/mol. The van der Waals surface area contributed by atoms with E-state index in [9.17, 15) is 18.0 Å². The van der Waals surface area contributed by atoms with Gasteiger partial charge in [0.25, 0.3) is 0 Å². The van der Waals surface area contributed by atoms with Crippen LogP contribution in [0.1, 0.15) is 29.6 Å². The van der Waals surface area contributed by atoms with Gasteiger partial charge in [-0.05, 0) is 56.0 Å². The molecule has 1 aliphatic heterocycles. The van der Waals surface area contributed by atoms with Gasteiger partial charge in [0, 0.05) is 17.9 Å². The first-order valence-corrected chi connectivity index (χ1v) is 10.1. The Morgan fingerprint density at radius 2 is 1.92 bits per heavy atom. The lowest BCUT2D eigenvalue weighted by Gasteiger charge is -2.23. The third-order valence-corrected chi connectivity index (χ3v) is 6.22. The molecule has 1 saturated heterocycles. The zero-order valence-corrected chi connectivity index (χ0v) is 15.1. The molecule has 2 fully saturated rings. The molecular formula is C17H22N2O5S. The van der Waals surface area contributed by atoms with E-state index in [0.717, 1.165) is 38.6 Å². The van der Waals surface area contributed by atoms with Crippen LogP contribution in [0.25, 0.3) is 0 Å². The predicted octanol–water partition coefficient (Wildman–Crippen LogP) is 1.20. The lowest BCUT2D eigenvalue weighted by molar-refractivity contribution is -0.118. The van der Waals surface area contributed by atoms with Crippen LogP contribution in [0.3, 0.4) is 0 Å². The third kappa shape index (κ3) is 3.69. The van der Waals surface area contributed by atoms with Crippen molar-refractivity contribution in [1.82, 2.24) is 5.32 Å². The van der Waals surface area contributed by atoms with Gasteiger partial charge in [-0.25, -0.2) is 13.2 Å². The van der Waals surface area contributed by atoms with E-state index in [-0.39, 0.29) is 27.7 Å². The van der Waals surface area contributed by atoms with E-state index in [2.05, 4.69) is 15.4 Å². The van der Waals surface area contributed by atoms with Crippen molar-refractivity contribution in [2.45, 2.75) is 24.2 Å². The van der Waals surface area contributed by atoms with Gasteiger partial charge >= 0.3 is 5.97 Å². The molecule has 1 heterocycles. The van der Waals surface area contributed by atoms with Crippen molar-refractivity contribution in [1.29, 1.82) is 0 Å². The molecule has 2 aliphatic rings. The van der Waals surface area contributed by atoms with Gasteiger partial charge in [-0.3, -0.25) is 4.79 Å². The Hall–Kier alpha value is -1.93. The Balaban J connectivity index is 1.82. The number of methoxy groups -OCH3 is 1. The lowest BCUT2D eigenvalue weighted by Crippen LogP contribution is -2.31. The number of nitrogens with one attached hydrogen (secondary N) is 2. The Kier molecular flexibility index (Phi) is 4.59. The van der Waals surface area contributed by atoms with Crippen LogP contribution in [0.5, 0.6) is 0 Å². The summed E-state index contributed by atoms with van der Waals surface area (Å²) in [7, 11) is -2.30. The summed E-state index contributed by atoms with van der Waals surface area (Å²) in [5.41, 5.74) is 0.465. The van der Waals surface area contributed by atoms with Gasteiger partial charge in [-0.1, -0.05) is 0 Å². The highest BCUT2D eigenvalue weighted by molar-refractivity contribution is 7.90. The summed E-state index contributed by atoms with van der Waals surface area (Å²) in [6.45, 7) is 1.83. The minimum atomic E-state index is -3.52. The molecule has 1 spiro atoms. The Bertz CT molecular complexity index is 812. The van der Waals surface area contributed by atoms with Crippen LogP contribution in [0.15, 0.2) is 23.1 Å². The van der Waals surface area contributed by atoms with Crippen LogP contribution in [0, 0.1) is 11.3 Å². The largest absolute Gasteiger partial charge is 0.465 e. The second-order valence-electron chi connectivity index (χ2n) is 6.87. The number of hydrogen-bond donors (Lipinski definition) is 2. The summed E-state index contributed by atoms with van der Waals surface area (Å²) < 4.78 is 28.4. The van der Waals surface area contributed by atoms with Crippen molar-refractivity contribution in [2.24, 2.45) is 11.3 Å². The Morgan fingerprint density at radius 3 is 2.52 bits per heavy atom. The van der Waals surface area contributed by atoms with E-state index in [1.807, 2.05) is 0 Å². The average Bonchev–Trinajstić information content (AvgIpc) is 3.26. The van der Waals surface area contributed by atoms with Gasteiger partial charge in [-0.15, -0.1) is 0 Å². The van der Waals surface area contributed by atoms with E-state index >= 15 is 0 Å². The van der Waals surface area contributed by atoms with Crippen molar-refractivity contribution in [3.8, 4) is 0 Å². The SMILES string of the molecule is COC(=O)c1cc(NC(=O)C2CC23CCNCC3)cc(S(C)(=O)=O)c1. The number of rotatable bonds is 4. The summed E-state index contributed by atoms with van der Waals surface area (Å²) in [5, 5.41) is 6.07. The molecule has 8 heteroatoms. The number of benzene rings is 1. The van der Waals surface area contributed by atoms with Crippen LogP contribution in [-0.2, 0) is 19.4 Å². The first-order valence-electron chi connectivity index (χ1n) is 8.20. The van der Waals surface area contributed by atoms with Crippen LogP contribution in [-0.4, -0.2) is 46.7 Å². The third-order valence-electron chi connectivity index (χ3n) is 5.13. The maximum atomic E-state index is 12.6. The van der Waals surface area contributed by atoms with Crippen molar-refractivity contribution < 1.29 is 22.7 Å². The molecule has 1 aliphatic carbocycles. The lowest BCUT2D eigenvalue weighted by atomic mass is 9.92. The molecule has 0 aromatic heterocycles. The van der Waals surface area contributed by atoms with Gasteiger partial charge in [0.15, 0.2) is 9.84 Å². The van der Waals surface area contributed by atoms with Gasteiger partial charge in [0.05, 0.1) is 17.6 Å². The van der Waals surface area contributed by atoms with E-state index in [1.54, 1.807) is 0 Å². The second-order valence-corrected chi connectivity index (χ2v) is 8.88. The molecule has 7 nitrogen and oxygen atoms in total. The number of piperidine rings is 1. The molecule has 136 valence electrons. The van der Waals surface area contributed by atoms with Gasteiger partial charge in [0.1, 0.15) is 0 Å². The molecule has 1 saturated carbocycles. The summed E-state index contributed by atoms with van der Waals surface area (Å²) in [5.74, 6) is -0.830. The molecule has 25 heavy (non-hydrogen) atoms. The van der Waals surface area contributed by atoms with Gasteiger partial charge < -0.3 is 15.4 Å². The number of amides is 1. The number of hydrogen-bond acceptors (Lipinski definition) is 6. The highest BCUT2D eigenvalue weighted by Gasteiger charge is 2.57. The molecule has 3 rings (SSSR count). The normalized spacial score (nSPS) is 21.6. The number of ether oxygens (including phenoxy) is 1. The summed E-state index contributed by atoms with van der Waals surface area (Å²) >= 11 is 0. The van der Waals surface area contributed by atoms with Crippen molar-refractivity contribution in [3.63, 3.8) is 0 Å².